The van der Waals surface area contributed by atoms with E-state index in [1.54, 1.807) is 19.9 Å². The van der Waals surface area contributed by atoms with E-state index in [4.69, 9.17) is 11.6 Å². The summed E-state index contributed by atoms with van der Waals surface area (Å²) >= 11 is 6.00. The van der Waals surface area contributed by atoms with E-state index in [-0.39, 0.29) is 0 Å². The average molecular weight is 293 g/mol. The molecule has 1 aliphatic heterocycles. The summed E-state index contributed by atoms with van der Waals surface area (Å²) in [5.41, 5.74) is 1.31. The van der Waals surface area contributed by atoms with Crippen molar-refractivity contribution in [2.75, 3.05) is 0 Å². The maximum absolute atomic E-state index is 12.4. The summed E-state index contributed by atoms with van der Waals surface area (Å²) in [4.78, 5) is 29.0. The van der Waals surface area contributed by atoms with Gasteiger partial charge in [-0.3, -0.25) is 0 Å². The Morgan fingerprint density at radius 1 is 1.20 bits per heavy atom. The molecule has 0 aliphatic carbocycles. The van der Waals surface area contributed by atoms with Crippen molar-refractivity contribution in [3.05, 3.63) is 55.5 Å². The molecule has 104 valence electrons. The third-order valence-electron chi connectivity index (χ3n) is 3.39. The Bertz CT molecular complexity index is 817. The third kappa shape index (κ3) is 1.68. The van der Waals surface area contributed by atoms with E-state index in [1.807, 2.05) is 0 Å². The van der Waals surface area contributed by atoms with Gasteiger partial charge in [-0.2, -0.15) is 4.57 Å². The molecule has 0 bridgehead atoms. The number of hydrogen-bond donors (Lipinski definition) is 0. The highest BCUT2D eigenvalue weighted by Crippen LogP contribution is 2.18. The molecule has 0 spiro atoms. The van der Waals surface area contributed by atoms with Crippen LogP contribution < -0.4 is 11.4 Å². The van der Waals surface area contributed by atoms with Crippen LogP contribution in [-0.4, -0.2) is 18.9 Å². The van der Waals surface area contributed by atoms with E-state index in [1.165, 1.54) is 9.36 Å². The average Bonchev–Trinajstić information content (AvgIpc) is 2.85. The van der Waals surface area contributed by atoms with Crippen molar-refractivity contribution in [1.82, 2.24) is 18.9 Å². The van der Waals surface area contributed by atoms with Gasteiger partial charge < -0.3 is 0 Å². The van der Waals surface area contributed by atoms with Crippen LogP contribution in [0.2, 0.25) is 5.02 Å². The van der Waals surface area contributed by atoms with Crippen molar-refractivity contribution in [2.24, 2.45) is 0 Å². The fraction of sp³-hybridized carbons (Fsp3) is 0.308. The van der Waals surface area contributed by atoms with Crippen LogP contribution in [-0.2, 0) is 13.1 Å². The summed E-state index contributed by atoms with van der Waals surface area (Å²) in [6.45, 7) is 8.05. The second-order valence-electron chi connectivity index (χ2n) is 4.96. The smallest absolute Gasteiger partial charge is 0.245 e. The minimum atomic E-state index is -0.397. The third-order valence-corrected chi connectivity index (χ3v) is 3.77. The Balaban J connectivity index is 2.31. The van der Waals surface area contributed by atoms with Crippen LogP contribution in [0, 0.1) is 13.8 Å². The summed E-state index contributed by atoms with van der Waals surface area (Å²) in [5.74, 6) is 0.335. The SMILES string of the molecule is C=C1Cn2c(=O)n(-c3nc(C)c(Cl)cc3C)c(=O)n2C1. The van der Waals surface area contributed by atoms with Gasteiger partial charge in [0.15, 0.2) is 0 Å². The molecular weight excluding hydrogens is 280 g/mol. The van der Waals surface area contributed by atoms with Crippen molar-refractivity contribution in [3.63, 3.8) is 0 Å². The molecule has 0 saturated carbocycles. The number of aryl methyl sites for hydroxylation is 2. The zero-order valence-electron chi connectivity index (χ0n) is 11.2. The van der Waals surface area contributed by atoms with E-state index in [0.29, 0.717) is 35.2 Å². The van der Waals surface area contributed by atoms with Crippen molar-refractivity contribution in [1.29, 1.82) is 0 Å². The van der Waals surface area contributed by atoms with Gasteiger partial charge in [-0.05, 0) is 31.1 Å². The monoisotopic (exact) mass is 292 g/mol. The number of pyridine rings is 1. The van der Waals surface area contributed by atoms with Crippen LogP contribution in [0.15, 0.2) is 27.8 Å². The van der Waals surface area contributed by atoms with Gasteiger partial charge in [-0.15, -0.1) is 0 Å². The molecule has 0 aromatic carbocycles. The molecule has 3 heterocycles. The van der Waals surface area contributed by atoms with Crippen molar-refractivity contribution in [3.8, 4) is 5.82 Å². The molecule has 0 amide bonds. The van der Waals surface area contributed by atoms with Crippen LogP contribution in [0.5, 0.6) is 0 Å². The van der Waals surface area contributed by atoms with Crippen LogP contribution in [0.4, 0.5) is 0 Å². The van der Waals surface area contributed by atoms with Gasteiger partial charge >= 0.3 is 11.4 Å². The van der Waals surface area contributed by atoms with Crippen molar-refractivity contribution < 1.29 is 0 Å². The fourth-order valence-electron chi connectivity index (χ4n) is 2.37. The topological polar surface area (TPSA) is 61.8 Å². The van der Waals surface area contributed by atoms with Crippen molar-refractivity contribution >= 4 is 11.6 Å². The van der Waals surface area contributed by atoms with Gasteiger partial charge in [-0.1, -0.05) is 18.2 Å². The zero-order chi connectivity index (χ0) is 14.6. The molecule has 0 fully saturated rings. The summed E-state index contributed by atoms with van der Waals surface area (Å²) < 4.78 is 3.86. The second kappa shape index (κ2) is 4.21. The van der Waals surface area contributed by atoms with Crippen LogP contribution in [0.25, 0.3) is 5.82 Å². The summed E-state index contributed by atoms with van der Waals surface area (Å²) in [6, 6.07) is 1.71. The molecule has 20 heavy (non-hydrogen) atoms. The Hall–Kier alpha value is -2.08. The molecular formula is C13H13ClN4O2. The molecule has 0 N–H and O–H groups in total. The first-order valence-electron chi connectivity index (χ1n) is 6.13. The lowest BCUT2D eigenvalue weighted by Crippen LogP contribution is -2.30. The van der Waals surface area contributed by atoms with Gasteiger partial charge in [0.1, 0.15) is 5.82 Å². The second-order valence-corrected chi connectivity index (χ2v) is 5.37. The Morgan fingerprint density at radius 2 is 1.75 bits per heavy atom. The number of allylic oxidation sites excluding steroid dienone is 1. The van der Waals surface area contributed by atoms with Crippen molar-refractivity contribution in [2.45, 2.75) is 26.9 Å². The molecule has 2 aromatic rings. The molecule has 0 saturated heterocycles. The summed E-state index contributed by atoms with van der Waals surface area (Å²) in [5, 5.41) is 0.513. The molecule has 2 aromatic heterocycles. The first-order valence-corrected chi connectivity index (χ1v) is 6.51. The van der Waals surface area contributed by atoms with Crippen LogP contribution in [0.1, 0.15) is 11.3 Å². The molecule has 3 rings (SSSR count). The van der Waals surface area contributed by atoms with E-state index in [2.05, 4.69) is 11.6 Å². The maximum Gasteiger partial charge on any atom is 0.353 e. The Morgan fingerprint density at radius 3 is 2.30 bits per heavy atom. The van der Waals surface area contributed by atoms with Crippen LogP contribution in [0.3, 0.4) is 0 Å². The van der Waals surface area contributed by atoms with E-state index < -0.39 is 11.4 Å². The number of nitrogens with zero attached hydrogens (tertiary/aromatic N) is 4. The molecule has 0 radical (unpaired) electrons. The number of hydrogen-bond acceptors (Lipinski definition) is 3. The quantitative estimate of drug-likeness (QED) is 0.738. The lowest BCUT2D eigenvalue weighted by atomic mass is 10.2. The lowest BCUT2D eigenvalue weighted by molar-refractivity contribution is 0.580. The zero-order valence-corrected chi connectivity index (χ0v) is 11.9. The molecule has 0 atom stereocenters. The van der Waals surface area contributed by atoms with E-state index >= 15 is 0 Å². The highest BCUT2D eigenvalue weighted by molar-refractivity contribution is 6.31. The van der Waals surface area contributed by atoms with Gasteiger partial charge in [0.25, 0.3) is 0 Å². The summed E-state index contributed by atoms with van der Waals surface area (Å²) in [7, 11) is 0. The van der Waals surface area contributed by atoms with E-state index in [9.17, 15) is 9.59 Å². The predicted molar refractivity (Wildman–Crippen MR) is 75.7 cm³/mol. The van der Waals surface area contributed by atoms with E-state index in [0.717, 1.165) is 10.1 Å². The number of fused-ring (bicyclic) bond motifs is 1. The van der Waals surface area contributed by atoms with Gasteiger partial charge in [-0.25, -0.2) is 23.9 Å². The first kappa shape index (κ1) is 12.9. The largest absolute Gasteiger partial charge is 0.353 e. The number of aromatic nitrogens is 4. The number of halogens is 1. The van der Waals surface area contributed by atoms with Gasteiger partial charge in [0.2, 0.25) is 0 Å². The molecule has 7 heteroatoms. The predicted octanol–water partition coefficient (Wildman–Crippen LogP) is 1.04. The normalized spacial score (nSPS) is 13.8. The van der Waals surface area contributed by atoms with Gasteiger partial charge in [0.05, 0.1) is 23.8 Å². The molecule has 6 nitrogen and oxygen atoms in total. The Labute approximate surface area is 119 Å². The summed E-state index contributed by atoms with van der Waals surface area (Å²) in [6.07, 6.45) is 0. The number of rotatable bonds is 1. The Kier molecular flexibility index (Phi) is 2.72. The highest BCUT2D eigenvalue weighted by atomic mass is 35.5. The lowest BCUT2D eigenvalue weighted by Gasteiger charge is -2.06. The minimum Gasteiger partial charge on any atom is -0.245 e. The highest BCUT2D eigenvalue weighted by Gasteiger charge is 2.24. The van der Waals surface area contributed by atoms with Crippen LogP contribution >= 0.6 is 11.6 Å². The standard InChI is InChI=1S/C13H13ClN4O2/c1-7-5-16-12(19)18(13(20)17(16)6-7)11-8(2)4-10(14)9(3)15-11/h4H,1,5-6H2,2-3H3. The maximum atomic E-state index is 12.4. The van der Waals surface area contributed by atoms with Gasteiger partial charge in [0, 0.05) is 0 Å². The molecule has 1 aliphatic rings. The first-order chi connectivity index (χ1) is 9.40. The minimum absolute atomic E-state index is 0.335. The fourth-order valence-corrected chi connectivity index (χ4v) is 2.57. The molecule has 0 unspecified atom stereocenters.